The Bertz CT molecular complexity index is 782. The zero-order valence-corrected chi connectivity index (χ0v) is 12.7. The van der Waals surface area contributed by atoms with Crippen LogP contribution in [-0.4, -0.2) is 21.1 Å². The molecule has 0 unspecified atom stereocenters. The number of aromatic nitrogens is 3. The number of carbonyl (C=O) groups is 1. The average Bonchev–Trinajstić information content (AvgIpc) is 3.04. The van der Waals surface area contributed by atoms with E-state index in [1.54, 1.807) is 24.5 Å². The average molecular weight is 308 g/mol. The number of nitrogens with one attached hydrogen (secondary N) is 1. The number of hydrogen-bond acceptors (Lipinski definition) is 5. The van der Waals surface area contributed by atoms with Crippen LogP contribution in [0.4, 0.5) is 5.69 Å². The third-order valence-corrected chi connectivity index (χ3v) is 3.35. The molecule has 0 spiro atoms. The van der Waals surface area contributed by atoms with E-state index in [1.165, 1.54) is 5.56 Å². The topological polar surface area (TPSA) is 80.9 Å². The smallest absolute Gasteiger partial charge is 0.247 e. The number of rotatable bonds is 5. The van der Waals surface area contributed by atoms with Crippen LogP contribution in [0.1, 0.15) is 18.4 Å². The van der Waals surface area contributed by atoms with Crippen molar-refractivity contribution < 1.29 is 9.21 Å². The Morgan fingerprint density at radius 1 is 1.09 bits per heavy atom. The Labute approximate surface area is 133 Å². The summed E-state index contributed by atoms with van der Waals surface area (Å²) in [5.74, 6) is 0.459. The van der Waals surface area contributed by atoms with Gasteiger partial charge in [-0.3, -0.25) is 9.78 Å². The monoisotopic (exact) mass is 308 g/mol. The molecule has 0 atom stereocenters. The number of pyridine rings is 1. The molecule has 0 aliphatic carbocycles. The summed E-state index contributed by atoms with van der Waals surface area (Å²) in [6.45, 7) is 2.09. The fraction of sp³-hybridized carbons (Fsp3) is 0.176. The molecule has 6 heteroatoms. The van der Waals surface area contributed by atoms with E-state index in [-0.39, 0.29) is 18.2 Å². The summed E-state index contributed by atoms with van der Waals surface area (Å²) in [6, 6.07) is 11.3. The predicted octanol–water partition coefficient (Wildman–Crippen LogP) is 2.88. The number of benzene rings is 1. The highest BCUT2D eigenvalue weighted by molar-refractivity contribution is 5.91. The summed E-state index contributed by atoms with van der Waals surface area (Å²) in [7, 11) is 0. The Morgan fingerprint density at radius 3 is 2.52 bits per heavy atom. The molecule has 3 aromatic rings. The minimum absolute atomic E-state index is 0.0353. The van der Waals surface area contributed by atoms with Gasteiger partial charge in [-0.25, -0.2) is 0 Å². The van der Waals surface area contributed by atoms with Gasteiger partial charge in [0.1, 0.15) is 6.42 Å². The highest BCUT2D eigenvalue weighted by Gasteiger charge is 2.12. The van der Waals surface area contributed by atoms with E-state index in [9.17, 15) is 4.79 Å². The minimum Gasteiger partial charge on any atom is -0.420 e. The standard InChI is InChI=1S/C17H16N4O2/c1-2-12-3-5-14(6-4-12)19-15(22)11-16-20-21-17(23-16)13-7-9-18-10-8-13/h3-10H,2,11H2,1H3,(H,19,22). The second-order valence-electron chi connectivity index (χ2n) is 5.01. The van der Waals surface area contributed by atoms with E-state index in [0.717, 1.165) is 17.7 Å². The van der Waals surface area contributed by atoms with Crippen molar-refractivity contribution in [2.45, 2.75) is 19.8 Å². The lowest BCUT2D eigenvalue weighted by molar-refractivity contribution is -0.115. The summed E-state index contributed by atoms with van der Waals surface area (Å²) in [5.41, 5.74) is 2.75. The number of nitrogens with zero attached hydrogens (tertiary/aromatic N) is 3. The second-order valence-corrected chi connectivity index (χ2v) is 5.01. The number of anilines is 1. The van der Waals surface area contributed by atoms with Gasteiger partial charge >= 0.3 is 0 Å². The molecule has 1 N–H and O–H groups in total. The molecule has 2 heterocycles. The van der Waals surface area contributed by atoms with E-state index in [2.05, 4.69) is 27.4 Å². The minimum atomic E-state index is -0.195. The van der Waals surface area contributed by atoms with Crippen LogP contribution < -0.4 is 5.32 Å². The summed E-state index contributed by atoms with van der Waals surface area (Å²) >= 11 is 0. The lowest BCUT2D eigenvalue weighted by atomic mass is 10.1. The summed E-state index contributed by atoms with van der Waals surface area (Å²) in [4.78, 5) is 16.0. The Morgan fingerprint density at radius 2 is 1.83 bits per heavy atom. The van der Waals surface area contributed by atoms with Gasteiger partial charge in [0.25, 0.3) is 0 Å². The molecule has 0 radical (unpaired) electrons. The summed E-state index contributed by atoms with van der Waals surface area (Å²) in [5, 5.41) is 10.7. The van der Waals surface area contributed by atoms with Crippen LogP contribution in [-0.2, 0) is 17.6 Å². The molecule has 1 amide bonds. The highest BCUT2D eigenvalue weighted by atomic mass is 16.4. The first-order valence-electron chi connectivity index (χ1n) is 7.36. The van der Waals surface area contributed by atoms with Gasteiger partial charge in [-0.05, 0) is 36.2 Å². The largest absolute Gasteiger partial charge is 0.420 e. The van der Waals surface area contributed by atoms with Gasteiger partial charge in [0.15, 0.2) is 0 Å². The van der Waals surface area contributed by atoms with Crippen molar-refractivity contribution >= 4 is 11.6 Å². The molecule has 0 bridgehead atoms. The molecule has 2 aromatic heterocycles. The highest BCUT2D eigenvalue weighted by Crippen LogP contribution is 2.17. The van der Waals surface area contributed by atoms with E-state index < -0.39 is 0 Å². The van der Waals surface area contributed by atoms with Gasteiger partial charge in [0.05, 0.1) is 0 Å². The molecule has 23 heavy (non-hydrogen) atoms. The Hall–Kier alpha value is -3.02. The third kappa shape index (κ3) is 3.79. The van der Waals surface area contributed by atoms with Gasteiger partial charge in [0, 0.05) is 23.6 Å². The molecule has 0 aliphatic heterocycles. The molecule has 1 aromatic carbocycles. The maximum Gasteiger partial charge on any atom is 0.247 e. The normalized spacial score (nSPS) is 10.5. The van der Waals surface area contributed by atoms with Crippen molar-refractivity contribution in [1.29, 1.82) is 0 Å². The number of hydrogen-bond donors (Lipinski definition) is 1. The van der Waals surface area contributed by atoms with Crippen molar-refractivity contribution in [2.75, 3.05) is 5.32 Å². The van der Waals surface area contributed by atoms with Crippen LogP contribution in [0.15, 0.2) is 53.2 Å². The molecule has 0 aliphatic rings. The summed E-state index contributed by atoms with van der Waals surface area (Å²) in [6.07, 6.45) is 4.29. The molecular formula is C17H16N4O2. The van der Waals surface area contributed by atoms with Crippen molar-refractivity contribution in [3.8, 4) is 11.5 Å². The molecule has 0 saturated carbocycles. The van der Waals surface area contributed by atoms with Gasteiger partial charge in [-0.1, -0.05) is 19.1 Å². The first kappa shape index (κ1) is 14.9. The number of amides is 1. The second kappa shape index (κ2) is 6.83. The quantitative estimate of drug-likeness (QED) is 0.784. The zero-order chi connectivity index (χ0) is 16.1. The van der Waals surface area contributed by atoms with E-state index >= 15 is 0 Å². The fourth-order valence-corrected chi connectivity index (χ4v) is 2.10. The van der Waals surface area contributed by atoms with E-state index in [0.29, 0.717) is 5.89 Å². The molecule has 0 saturated heterocycles. The lowest BCUT2D eigenvalue weighted by Gasteiger charge is -2.04. The van der Waals surface area contributed by atoms with E-state index in [4.69, 9.17) is 4.42 Å². The lowest BCUT2D eigenvalue weighted by Crippen LogP contribution is -2.14. The van der Waals surface area contributed by atoms with Crippen molar-refractivity contribution in [3.05, 3.63) is 60.2 Å². The molecule has 0 fully saturated rings. The predicted molar refractivity (Wildman–Crippen MR) is 85.7 cm³/mol. The molecule has 6 nitrogen and oxygen atoms in total. The van der Waals surface area contributed by atoms with Crippen LogP contribution in [0.25, 0.3) is 11.5 Å². The van der Waals surface area contributed by atoms with Crippen LogP contribution in [0.3, 0.4) is 0 Å². The maximum absolute atomic E-state index is 12.0. The van der Waals surface area contributed by atoms with E-state index in [1.807, 2.05) is 24.3 Å². The first-order chi connectivity index (χ1) is 11.2. The molecule has 116 valence electrons. The number of carbonyl (C=O) groups excluding carboxylic acids is 1. The van der Waals surface area contributed by atoms with Crippen molar-refractivity contribution in [1.82, 2.24) is 15.2 Å². The summed E-state index contributed by atoms with van der Waals surface area (Å²) < 4.78 is 5.50. The van der Waals surface area contributed by atoms with Gasteiger partial charge in [-0.15, -0.1) is 10.2 Å². The fourth-order valence-electron chi connectivity index (χ4n) is 2.10. The third-order valence-electron chi connectivity index (χ3n) is 3.35. The van der Waals surface area contributed by atoms with Crippen LogP contribution >= 0.6 is 0 Å². The van der Waals surface area contributed by atoms with Crippen LogP contribution in [0.2, 0.25) is 0 Å². The van der Waals surface area contributed by atoms with Crippen LogP contribution in [0, 0.1) is 0 Å². The van der Waals surface area contributed by atoms with Gasteiger partial charge in [0.2, 0.25) is 17.7 Å². The zero-order valence-electron chi connectivity index (χ0n) is 12.7. The maximum atomic E-state index is 12.0. The van der Waals surface area contributed by atoms with Crippen molar-refractivity contribution in [2.24, 2.45) is 0 Å². The Kier molecular flexibility index (Phi) is 4.42. The Balaban J connectivity index is 1.63. The molecular weight excluding hydrogens is 292 g/mol. The first-order valence-corrected chi connectivity index (χ1v) is 7.36. The number of aryl methyl sites for hydroxylation is 1. The van der Waals surface area contributed by atoms with Gasteiger partial charge in [-0.2, -0.15) is 0 Å². The van der Waals surface area contributed by atoms with Crippen molar-refractivity contribution in [3.63, 3.8) is 0 Å². The van der Waals surface area contributed by atoms with Gasteiger partial charge < -0.3 is 9.73 Å². The molecule has 3 rings (SSSR count). The SMILES string of the molecule is CCc1ccc(NC(=O)Cc2nnc(-c3ccncc3)o2)cc1. The van der Waals surface area contributed by atoms with Crippen LogP contribution in [0.5, 0.6) is 0 Å².